The van der Waals surface area contributed by atoms with Crippen LogP contribution in [0.15, 0.2) is 30.3 Å². The molecule has 0 radical (unpaired) electrons. The van der Waals surface area contributed by atoms with Crippen molar-refractivity contribution in [2.24, 2.45) is 0 Å². The zero-order chi connectivity index (χ0) is 15.0. The van der Waals surface area contributed by atoms with E-state index in [1.165, 1.54) is 14.0 Å². The summed E-state index contributed by atoms with van der Waals surface area (Å²) in [6.45, 7) is 3.06. The Labute approximate surface area is 118 Å². The SMILES string of the molecule is COC(NC(=O)OCc1ccccc1)C(C)OC(C)=O. The topological polar surface area (TPSA) is 73.9 Å². The summed E-state index contributed by atoms with van der Waals surface area (Å²) in [6, 6.07) is 9.30. The summed E-state index contributed by atoms with van der Waals surface area (Å²) >= 11 is 0. The molecule has 0 aliphatic rings. The van der Waals surface area contributed by atoms with E-state index in [1.54, 1.807) is 6.92 Å². The van der Waals surface area contributed by atoms with Crippen molar-refractivity contribution in [3.05, 3.63) is 35.9 Å². The molecule has 0 spiro atoms. The van der Waals surface area contributed by atoms with Gasteiger partial charge in [0, 0.05) is 14.0 Å². The van der Waals surface area contributed by atoms with Crippen molar-refractivity contribution in [1.29, 1.82) is 0 Å². The maximum absolute atomic E-state index is 11.6. The first-order chi connectivity index (χ1) is 9.52. The van der Waals surface area contributed by atoms with Crippen molar-refractivity contribution < 1.29 is 23.8 Å². The fourth-order valence-corrected chi connectivity index (χ4v) is 1.57. The first kappa shape index (κ1) is 16.0. The van der Waals surface area contributed by atoms with Crippen molar-refractivity contribution >= 4 is 12.1 Å². The first-order valence-corrected chi connectivity index (χ1v) is 6.20. The summed E-state index contributed by atoms with van der Waals surface area (Å²) in [5.74, 6) is -0.445. The maximum Gasteiger partial charge on any atom is 0.409 e. The summed E-state index contributed by atoms with van der Waals surface area (Å²) in [7, 11) is 1.40. The van der Waals surface area contributed by atoms with Crippen LogP contribution < -0.4 is 5.32 Å². The Morgan fingerprint density at radius 3 is 2.45 bits per heavy atom. The molecule has 2 unspecified atom stereocenters. The molecule has 110 valence electrons. The summed E-state index contributed by atoms with van der Waals surface area (Å²) in [5, 5.41) is 2.48. The molecule has 6 nitrogen and oxygen atoms in total. The van der Waals surface area contributed by atoms with E-state index in [0.29, 0.717) is 0 Å². The molecular formula is C14H19NO5. The lowest BCUT2D eigenvalue weighted by atomic mass is 10.2. The largest absolute Gasteiger partial charge is 0.458 e. The third kappa shape index (κ3) is 5.71. The monoisotopic (exact) mass is 281 g/mol. The highest BCUT2D eigenvalue weighted by Gasteiger charge is 2.22. The van der Waals surface area contributed by atoms with E-state index in [2.05, 4.69) is 5.32 Å². The molecule has 0 bridgehead atoms. The van der Waals surface area contributed by atoms with E-state index in [-0.39, 0.29) is 6.61 Å². The fraction of sp³-hybridized carbons (Fsp3) is 0.429. The van der Waals surface area contributed by atoms with Crippen LogP contribution >= 0.6 is 0 Å². The molecule has 1 rings (SSSR count). The number of esters is 1. The number of amides is 1. The van der Waals surface area contributed by atoms with Crippen molar-refractivity contribution in [2.75, 3.05) is 7.11 Å². The van der Waals surface area contributed by atoms with Crippen molar-refractivity contribution in [3.8, 4) is 0 Å². The van der Waals surface area contributed by atoms with Gasteiger partial charge in [0.1, 0.15) is 12.7 Å². The van der Waals surface area contributed by atoms with Gasteiger partial charge in [-0.15, -0.1) is 0 Å². The van der Waals surface area contributed by atoms with Crippen molar-refractivity contribution in [2.45, 2.75) is 32.8 Å². The van der Waals surface area contributed by atoms with Gasteiger partial charge in [-0.25, -0.2) is 4.79 Å². The van der Waals surface area contributed by atoms with E-state index in [1.807, 2.05) is 30.3 Å². The van der Waals surface area contributed by atoms with Crippen LogP contribution in [-0.4, -0.2) is 31.5 Å². The summed E-state index contributed by atoms with van der Waals surface area (Å²) < 4.78 is 15.0. The van der Waals surface area contributed by atoms with Gasteiger partial charge < -0.3 is 14.2 Å². The number of rotatable bonds is 6. The minimum Gasteiger partial charge on any atom is -0.458 e. The molecule has 2 atom stereocenters. The minimum atomic E-state index is -0.762. The molecule has 0 heterocycles. The Bertz CT molecular complexity index is 434. The number of hydrogen-bond acceptors (Lipinski definition) is 5. The van der Waals surface area contributed by atoms with Gasteiger partial charge in [-0.05, 0) is 12.5 Å². The van der Waals surface area contributed by atoms with Gasteiger partial charge >= 0.3 is 12.1 Å². The molecule has 1 N–H and O–H groups in total. The maximum atomic E-state index is 11.6. The fourth-order valence-electron chi connectivity index (χ4n) is 1.57. The molecular weight excluding hydrogens is 262 g/mol. The smallest absolute Gasteiger partial charge is 0.409 e. The number of alkyl carbamates (subject to hydrolysis) is 1. The first-order valence-electron chi connectivity index (χ1n) is 6.20. The number of ether oxygens (including phenoxy) is 3. The van der Waals surface area contributed by atoms with Gasteiger partial charge in [-0.2, -0.15) is 0 Å². The lowest BCUT2D eigenvalue weighted by Crippen LogP contribution is -2.45. The van der Waals surface area contributed by atoms with Gasteiger partial charge in [-0.1, -0.05) is 30.3 Å². The van der Waals surface area contributed by atoms with E-state index in [0.717, 1.165) is 5.56 Å². The van der Waals surface area contributed by atoms with Crippen molar-refractivity contribution in [3.63, 3.8) is 0 Å². The molecule has 1 amide bonds. The second-order valence-electron chi connectivity index (χ2n) is 4.18. The van der Waals surface area contributed by atoms with Gasteiger partial charge in [0.05, 0.1) is 0 Å². The van der Waals surface area contributed by atoms with E-state index >= 15 is 0 Å². The molecule has 0 saturated carbocycles. The second-order valence-corrected chi connectivity index (χ2v) is 4.18. The molecule has 6 heteroatoms. The predicted octanol–water partition coefficient (Wildman–Crippen LogP) is 1.84. The van der Waals surface area contributed by atoms with E-state index in [4.69, 9.17) is 14.2 Å². The average molecular weight is 281 g/mol. The zero-order valence-electron chi connectivity index (χ0n) is 11.8. The lowest BCUT2D eigenvalue weighted by Gasteiger charge is -2.22. The number of benzene rings is 1. The molecule has 1 aromatic carbocycles. The molecule has 20 heavy (non-hydrogen) atoms. The van der Waals surface area contributed by atoms with E-state index in [9.17, 15) is 9.59 Å². The van der Waals surface area contributed by atoms with Crippen molar-refractivity contribution in [1.82, 2.24) is 5.32 Å². The Morgan fingerprint density at radius 1 is 1.25 bits per heavy atom. The highest BCUT2D eigenvalue weighted by molar-refractivity contribution is 5.68. The molecule has 0 aromatic heterocycles. The van der Waals surface area contributed by atoms with E-state index < -0.39 is 24.4 Å². The van der Waals surface area contributed by atoms with Crippen LogP contribution in [0.1, 0.15) is 19.4 Å². The third-order valence-electron chi connectivity index (χ3n) is 2.51. The van der Waals surface area contributed by atoms with Gasteiger partial charge in [-0.3, -0.25) is 10.1 Å². The van der Waals surface area contributed by atoms with Crippen LogP contribution in [0.2, 0.25) is 0 Å². The van der Waals surface area contributed by atoms with Crippen LogP contribution in [0.4, 0.5) is 4.79 Å². The lowest BCUT2D eigenvalue weighted by molar-refractivity contribution is -0.153. The quantitative estimate of drug-likeness (QED) is 0.636. The van der Waals surface area contributed by atoms with Crippen LogP contribution in [0.3, 0.4) is 0 Å². The Morgan fingerprint density at radius 2 is 1.90 bits per heavy atom. The Balaban J connectivity index is 2.41. The molecule has 1 aromatic rings. The number of nitrogens with one attached hydrogen (secondary N) is 1. The predicted molar refractivity (Wildman–Crippen MR) is 71.8 cm³/mol. The molecule has 0 aliphatic carbocycles. The minimum absolute atomic E-state index is 0.158. The zero-order valence-corrected chi connectivity index (χ0v) is 11.8. The summed E-state index contributed by atoms with van der Waals surface area (Å²) in [5.41, 5.74) is 0.879. The Hall–Kier alpha value is -2.08. The second kappa shape index (κ2) is 8.16. The van der Waals surface area contributed by atoms with Crippen LogP contribution in [-0.2, 0) is 25.6 Å². The van der Waals surface area contributed by atoms with Crippen LogP contribution in [0, 0.1) is 0 Å². The van der Waals surface area contributed by atoms with Crippen LogP contribution in [0.25, 0.3) is 0 Å². The number of methoxy groups -OCH3 is 1. The van der Waals surface area contributed by atoms with Gasteiger partial charge in [0.25, 0.3) is 0 Å². The number of hydrogen-bond donors (Lipinski definition) is 1. The summed E-state index contributed by atoms with van der Waals surface area (Å²) in [6.07, 6.45) is -2.01. The average Bonchev–Trinajstić information content (AvgIpc) is 2.42. The standard InChI is InChI=1S/C14H19NO5/c1-10(20-11(2)16)13(18-3)15-14(17)19-9-12-7-5-4-6-8-12/h4-8,10,13H,9H2,1-3H3,(H,15,17). The molecule has 0 fully saturated rings. The normalized spacial score (nSPS) is 13.2. The molecule has 0 aliphatic heterocycles. The Kier molecular flexibility index (Phi) is 6.52. The summed E-state index contributed by atoms with van der Waals surface area (Å²) in [4.78, 5) is 22.5. The highest BCUT2D eigenvalue weighted by atomic mass is 16.6. The highest BCUT2D eigenvalue weighted by Crippen LogP contribution is 2.03. The number of carbonyl (C=O) groups excluding carboxylic acids is 2. The third-order valence-corrected chi connectivity index (χ3v) is 2.51. The van der Waals surface area contributed by atoms with Gasteiger partial charge in [0.15, 0.2) is 6.23 Å². The molecule has 0 saturated heterocycles. The van der Waals surface area contributed by atoms with Gasteiger partial charge in [0.2, 0.25) is 0 Å². The van der Waals surface area contributed by atoms with Crippen LogP contribution in [0.5, 0.6) is 0 Å². The number of carbonyl (C=O) groups is 2.